The van der Waals surface area contributed by atoms with E-state index in [9.17, 15) is 9.59 Å². The zero-order valence-electron chi connectivity index (χ0n) is 16.8. The quantitative estimate of drug-likeness (QED) is 0.455. The highest BCUT2D eigenvalue weighted by Crippen LogP contribution is 2.25. The molecule has 0 saturated heterocycles. The van der Waals surface area contributed by atoms with Crippen LogP contribution in [0, 0.1) is 6.92 Å². The van der Waals surface area contributed by atoms with Crippen molar-refractivity contribution in [3.05, 3.63) is 70.7 Å². The Bertz CT molecular complexity index is 1230. The lowest BCUT2D eigenvalue weighted by Gasteiger charge is -2.02. The number of rotatable bonds is 6. The zero-order valence-corrected chi connectivity index (χ0v) is 17.6. The van der Waals surface area contributed by atoms with E-state index < -0.39 is 0 Å². The van der Waals surface area contributed by atoms with Gasteiger partial charge in [-0.3, -0.25) is 14.9 Å². The van der Waals surface area contributed by atoms with Gasteiger partial charge in [-0.2, -0.15) is 0 Å². The fourth-order valence-electron chi connectivity index (χ4n) is 2.83. The van der Waals surface area contributed by atoms with Gasteiger partial charge in [0.15, 0.2) is 5.13 Å². The molecule has 0 bridgehead atoms. The lowest BCUT2D eigenvalue weighted by Crippen LogP contribution is -2.12. The Labute approximate surface area is 181 Å². The van der Waals surface area contributed by atoms with E-state index in [4.69, 9.17) is 4.42 Å². The molecule has 1 amide bonds. The van der Waals surface area contributed by atoms with Crippen molar-refractivity contribution in [1.29, 1.82) is 0 Å². The number of nitrogens with one attached hydrogen (secondary N) is 1. The first-order chi connectivity index (χ1) is 15.0. The van der Waals surface area contributed by atoms with Crippen LogP contribution in [0.5, 0.6) is 0 Å². The van der Waals surface area contributed by atoms with Crippen molar-refractivity contribution >= 4 is 28.3 Å². The van der Waals surface area contributed by atoms with E-state index in [0.29, 0.717) is 33.7 Å². The molecule has 156 valence electrons. The van der Waals surface area contributed by atoms with Crippen LogP contribution in [-0.2, 0) is 16.0 Å². The first-order valence-electron chi connectivity index (χ1n) is 9.35. The Kier molecular flexibility index (Phi) is 5.85. The smallest absolute Gasteiger partial charge is 0.311 e. The monoisotopic (exact) mass is 434 g/mol. The second kappa shape index (κ2) is 8.88. The van der Waals surface area contributed by atoms with Gasteiger partial charge < -0.3 is 9.15 Å². The Morgan fingerprint density at radius 3 is 2.52 bits per heavy atom. The van der Waals surface area contributed by atoms with Crippen molar-refractivity contribution in [1.82, 2.24) is 15.2 Å². The number of methoxy groups -OCH3 is 1. The molecule has 9 heteroatoms. The van der Waals surface area contributed by atoms with Crippen LogP contribution in [0.2, 0.25) is 0 Å². The highest BCUT2D eigenvalue weighted by atomic mass is 32.1. The SMILES string of the molecule is COC(=O)Cc1csc(NC(=O)c2ccc(-c3nnc(-c4cccc(C)c4)o3)cc2)n1. The lowest BCUT2D eigenvalue weighted by molar-refractivity contribution is -0.139. The highest BCUT2D eigenvalue weighted by molar-refractivity contribution is 7.14. The normalized spacial score (nSPS) is 10.6. The van der Waals surface area contributed by atoms with Gasteiger partial charge in [0.05, 0.1) is 19.2 Å². The van der Waals surface area contributed by atoms with Crippen LogP contribution in [-0.4, -0.2) is 34.2 Å². The summed E-state index contributed by atoms with van der Waals surface area (Å²) in [6.07, 6.45) is 0.0618. The van der Waals surface area contributed by atoms with Gasteiger partial charge >= 0.3 is 5.97 Å². The maximum absolute atomic E-state index is 12.5. The van der Waals surface area contributed by atoms with Crippen LogP contribution in [0.1, 0.15) is 21.6 Å². The van der Waals surface area contributed by atoms with Crippen LogP contribution in [0.25, 0.3) is 22.9 Å². The fraction of sp³-hybridized carbons (Fsp3) is 0.136. The highest BCUT2D eigenvalue weighted by Gasteiger charge is 2.14. The molecule has 1 N–H and O–H groups in total. The minimum Gasteiger partial charge on any atom is -0.469 e. The molecule has 0 unspecified atom stereocenters. The molecule has 0 aliphatic heterocycles. The van der Waals surface area contributed by atoms with E-state index in [0.717, 1.165) is 11.1 Å². The summed E-state index contributed by atoms with van der Waals surface area (Å²) in [6.45, 7) is 2.00. The lowest BCUT2D eigenvalue weighted by atomic mass is 10.1. The Balaban J connectivity index is 1.43. The van der Waals surface area contributed by atoms with Crippen molar-refractivity contribution in [3.8, 4) is 22.9 Å². The molecule has 0 aliphatic rings. The number of hydrogen-bond donors (Lipinski definition) is 1. The van der Waals surface area contributed by atoms with Crippen molar-refractivity contribution in [2.75, 3.05) is 12.4 Å². The van der Waals surface area contributed by atoms with Crippen LogP contribution in [0.15, 0.2) is 58.3 Å². The molecule has 0 spiro atoms. The van der Waals surface area contributed by atoms with E-state index >= 15 is 0 Å². The average Bonchev–Trinajstić information content (AvgIpc) is 3.44. The summed E-state index contributed by atoms with van der Waals surface area (Å²) in [4.78, 5) is 28.0. The van der Waals surface area contributed by atoms with Crippen molar-refractivity contribution in [2.24, 2.45) is 0 Å². The topological polar surface area (TPSA) is 107 Å². The predicted octanol–water partition coefficient (Wildman–Crippen LogP) is 4.14. The number of aryl methyl sites for hydroxylation is 1. The first-order valence-corrected chi connectivity index (χ1v) is 10.2. The number of anilines is 1. The molecule has 0 saturated carbocycles. The van der Waals surface area contributed by atoms with Gasteiger partial charge in [0.1, 0.15) is 0 Å². The third-order valence-electron chi connectivity index (χ3n) is 4.41. The summed E-state index contributed by atoms with van der Waals surface area (Å²) in [7, 11) is 1.32. The molecular weight excluding hydrogens is 416 g/mol. The second-order valence-electron chi connectivity index (χ2n) is 6.71. The second-order valence-corrected chi connectivity index (χ2v) is 7.57. The molecule has 2 aromatic heterocycles. The van der Waals surface area contributed by atoms with Gasteiger partial charge in [0.2, 0.25) is 11.8 Å². The molecule has 0 fully saturated rings. The molecule has 8 nitrogen and oxygen atoms in total. The van der Waals surface area contributed by atoms with Crippen molar-refractivity contribution in [2.45, 2.75) is 13.3 Å². The molecular formula is C22H18N4O4S. The van der Waals surface area contributed by atoms with Crippen LogP contribution < -0.4 is 5.32 Å². The Morgan fingerprint density at radius 2 is 1.81 bits per heavy atom. The maximum Gasteiger partial charge on any atom is 0.311 e. The number of esters is 1. The van der Waals surface area contributed by atoms with E-state index in [1.807, 2.05) is 31.2 Å². The molecule has 0 aliphatic carbocycles. The largest absolute Gasteiger partial charge is 0.469 e. The average molecular weight is 434 g/mol. The molecule has 0 atom stereocenters. The zero-order chi connectivity index (χ0) is 21.8. The van der Waals surface area contributed by atoms with Crippen molar-refractivity contribution < 1.29 is 18.7 Å². The maximum atomic E-state index is 12.5. The number of ether oxygens (including phenoxy) is 1. The molecule has 0 radical (unpaired) electrons. The van der Waals surface area contributed by atoms with Gasteiger partial charge in [0, 0.05) is 22.1 Å². The number of thiazole rings is 1. The molecule has 2 aromatic carbocycles. The number of nitrogens with zero attached hydrogens (tertiary/aromatic N) is 3. The number of hydrogen-bond acceptors (Lipinski definition) is 8. The minimum atomic E-state index is -0.384. The third kappa shape index (κ3) is 4.84. The number of amides is 1. The van der Waals surface area contributed by atoms with Gasteiger partial charge in [-0.1, -0.05) is 17.7 Å². The summed E-state index contributed by atoms with van der Waals surface area (Å²) < 4.78 is 10.4. The first kappa shape index (κ1) is 20.4. The summed E-state index contributed by atoms with van der Waals surface area (Å²) in [6, 6.07) is 14.6. The van der Waals surface area contributed by atoms with E-state index in [2.05, 4.69) is 25.2 Å². The minimum absolute atomic E-state index is 0.0618. The summed E-state index contributed by atoms with van der Waals surface area (Å²) in [5.41, 5.74) is 3.66. The third-order valence-corrected chi connectivity index (χ3v) is 5.22. The Morgan fingerprint density at radius 1 is 1.06 bits per heavy atom. The van der Waals surface area contributed by atoms with Gasteiger partial charge in [-0.25, -0.2) is 4.98 Å². The standard InChI is InChI=1S/C22H18N4O4S/c1-13-4-3-5-16(10-13)21-26-25-20(30-21)15-8-6-14(7-9-15)19(28)24-22-23-17(12-31-22)11-18(27)29-2/h3-10,12H,11H2,1-2H3,(H,23,24,28). The van der Waals surface area contributed by atoms with Gasteiger partial charge in [-0.05, 0) is 43.3 Å². The number of carbonyl (C=O) groups is 2. The number of aromatic nitrogens is 3. The van der Waals surface area contributed by atoms with E-state index in [-0.39, 0.29) is 18.3 Å². The summed E-state index contributed by atoms with van der Waals surface area (Å²) in [5.74, 6) is 0.115. The van der Waals surface area contributed by atoms with Gasteiger partial charge in [-0.15, -0.1) is 21.5 Å². The summed E-state index contributed by atoms with van der Waals surface area (Å²) in [5, 5.41) is 13.1. The Hall–Kier alpha value is -3.85. The molecule has 4 rings (SSSR count). The van der Waals surface area contributed by atoms with Gasteiger partial charge in [0.25, 0.3) is 5.91 Å². The number of benzene rings is 2. The number of carbonyl (C=O) groups excluding carboxylic acids is 2. The fourth-order valence-corrected chi connectivity index (χ4v) is 3.54. The van der Waals surface area contributed by atoms with E-state index in [1.54, 1.807) is 29.6 Å². The molecule has 2 heterocycles. The van der Waals surface area contributed by atoms with Crippen molar-refractivity contribution in [3.63, 3.8) is 0 Å². The van der Waals surface area contributed by atoms with E-state index in [1.165, 1.54) is 18.4 Å². The van der Waals surface area contributed by atoms with Crippen LogP contribution in [0.4, 0.5) is 5.13 Å². The van der Waals surface area contributed by atoms with Crippen LogP contribution in [0.3, 0.4) is 0 Å². The summed E-state index contributed by atoms with van der Waals surface area (Å²) >= 11 is 1.24. The van der Waals surface area contributed by atoms with Crippen LogP contribution >= 0.6 is 11.3 Å². The molecule has 31 heavy (non-hydrogen) atoms. The molecule has 4 aromatic rings. The predicted molar refractivity (Wildman–Crippen MR) is 116 cm³/mol.